The van der Waals surface area contributed by atoms with Gasteiger partial charge in [0.05, 0.1) is 6.54 Å². The third-order valence-electron chi connectivity index (χ3n) is 1.34. The number of nitrogens with two attached hydrogens (primary N) is 1. The minimum Gasteiger partial charge on any atom is -0.329 e. The second-order valence-electron chi connectivity index (χ2n) is 2.68. The minimum atomic E-state index is -3.09. The molecule has 74 valence electrons. The van der Waals surface area contributed by atoms with Crippen LogP contribution in [-0.4, -0.2) is 41.4 Å². The number of hydrogen-bond donors (Lipinski definition) is 1. The van der Waals surface area contributed by atoms with Gasteiger partial charge in [0.2, 0.25) is 0 Å². The van der Waals surface area contributed by atoms with Crippen molar-refractivity contribution in [2.75, 3.05) is 12.8 Å². The van der Waals surface area contributed by atoms with E-state index in [-0.39, 0.29) is 5.75 Å². The monoisotopic (exact) mass is 205 g/mol. The zero-order chi connectivity index (χ0) is 9.90. The van der Waals surface area contributed by atoms with Crippen molar-refractivity contribution in [1.82, 2.24) is 20.2 Å². The van der Waals surface area contributed by atoms with Crippen LogP contribution in [0.3, 0.4) is 0 Å². The van der Waals surface area contributed by atoms with E-state index in [1.165, 1.54) is 4.68 Å². The first-order valence-electron chi connectivity index (χ1n) is 3.66. The Labute approximate surface area is 75.8 Å². The molecule has 1 aromatic rings. The molecule has 0 bridgehead atoms. The van der Waals surface area contributed by atoms with Gasteiger partial charge in [-0.1, -0.05) is 0 Å². The molecule has 0 amide bonds. The van der Waals surface area contributed by atoms with Gasteiger partial charge in [-0.05, 0) is 10.4 Å². The Morgan fingerprint density at radius 2 is 2.23 bits per heavy atom. The van der Waals surface area contributed by atoms with E-state index in [0.717, 1.165) is 6.26 Å². The third-order valence-corrected chi connectivity index (χ3v) is 2.12. The molecule has 1 aromatic heterocycles. The molecule has 0 aliphatic carbocycles. The number of hydrogen-bond acceptors (Lipinski definition) is 6. The first kappa shape index (κ1) is 10.1. The topological polar surface area (TPSA) is 104 Å². The molecule has 0 spiro atoms. The maximum Gasteiger partial charge on any atom is 0.166 e. The lowest BCUT2D eigenvalue weighted by molar-refractivity contribution is 0.571. The van der Waals surface area contributed by atoms with Crippen LogP contribution in [0.15, 0.2) is 0 Å². The Hall–Kier alpha value is -1.02. The Morgan fingerprint density at radius 1 is 1.54 bits per heavy atom. The Bertz CT molecular complexity index is 370. The standard InChI is InChI=1S/C5H11N5O2S/c1-13(11,12)4-5-7-8-9-10(5)3-2-6/h2-4,6H2,1H3. The van der Waals surface area contributed by atoms with Crippen molar-refractivity contribution in [2.24, 2.45) is 5.73 Å². The van der Waals surface area contributed by atoms with E-state index in [9.17, 15) is 8.42 Å². The zero-order valence-electron chi connectivity index (χ0n) is 7.21. The second-order valence-corrected chi connectivity index (χ2v) is 4.82. The SMILES string of the molecule is CS(=O)(=O)Cc1nnnn1CCN. The van der Waals surface area contributed by atoms with Crippen molar-refractivity contribution < 1.29 is 8.42 Å². The summed E-state index contributed by atoms with van der Waals surface area (Å²) in [5.74, 6) is 0.174. The Kier molecular flexibility index (Phi) is 2.94. The van der Waals surface area contributed by atoms with E-state index >= 15 is 0 Å². The fraction of sp³-hybridized carbons (Fsp3) is 0.800. The molecule has 0 unspecified atom stereocenters. The molecular weight excluding hydrogens is 194 g/mol. The number of rotatable bonds is 4. The first-order valence-corrected chi connectivity index (χ1v) is 5.72. The van der Waals surface area contributed by atoms with E-state index in [1.807, 2.05) is 0 Å². The number of aromatic nitrogens is 4. The smallest absolute Gasteiger partial charge is 0.166 e. The summed E-state index contributed by atoms with van der Waals surface area (Å²) in [5.41, 5.74) is 5.29. The summed E-state index contributed by atoms with van der Waals surface area (Å²) >= 11 is 0. The van der Waals surface area contributed by atoms with Gasteiger partial charge in [-0.3, -0.25) is 0 Å². The molecule has 0 aliphatic rings. The van der Waals surface area contributed by atoms with Crippen molar-refractivity contribution >= 4 is 9.84 Å². The molecular formula is C5H11N5O2S. The Morgan fingerprint density at radius 3 is 2.77 bits per heavy atom. The van der Waals surface area contributed by atoms with Crippen LogP contribution in [0.1, 0.15) is 5.82 Å². The van der Waals surface area contributed by atoms with Crippen molar-refractivity contribution in [3.63, 3.8) is 0 Å². The molecule has 8 heteroatoms. The van der Waals surface area contributed by atoms with Crippen molar-refractivity contribution in [1.29, 1.82) is 0 Å². The molecule has 0 aliphatic heterocycles. The predicted octanol–water partition coefficient (Wildman–Crippen LogP) is -1.82. The van der Waals surface area contributed by atoms with Crippen molar-refractivity contribution in [2.45, 2.75) is 12.3 Å². The molecule has 0 saturated carbocycles. The molecule has 1 rings (SSSR count). The molecule has 0 saturated heterocycles. The van der Waals surface area contributed by atoms with Gasteiger partial charge in [0.1, 0.15) is 5.75 Å². The highest BCUT2D eigenvalue weighted by Crippen LogP contribution is 1.98. The van der Waals surface area contributed by atoms with E-state index in [2.05, 4.69) is 15.5 Å². The lowest BCUT2D eigenvalue weighted by Crippen LogP contribution is -2.16. The summed E-state index contributed by atoms with van der Waals surface area (Å²) in [6, 6.07) is 0. The van der Waals surface area contributed by atoms with Crippen LogP contribution in [-0.2, 0) is 22.1 Å². The van der Waals surface area contributed by atoms with E-state index < -0.39 is 9.84 Å². The maximum atomic E-state index is 10.9. The van der Waals surface area contributed by atoms with Gasteiger partial charge < -0.3 is 5.73 Å². The number of tetrazole rings is 1. The summed E-state index contributed by atoms with van der Waals surface area (Å²) < 4.78 is 23.2. The van der Waals surface area contributed by atoms with Gasteiger partial charge in [0.15, 0.2) is 15.7 Å². The fourth-order valence-corrected chi connectivity index (χ4v) is 1.53. The average Bonchev–Trinajstić information content (AvgIpc) is 2.34. The summed E-state index contributed by atoms with van der Waals surface area (Å²) in [6.07, 6.45) is 1.13. The Balaban J connectivity index is 2.82. The molecule has 7 nitrogen and oxygen atoms in total. The zero-order valence-corrected chi connectivity index (χ0v) is 8.03. The lowest BCUT2D eigenvalue weighted by Gasteiger charge is -2.00. The van der Waals surface area contributed by atoms with Gasteiger partial charge >= 0.3 is 0 Å². The summed E-state index contributed by atoms with van der Waals surface area (Å²) in [6.45, 7) is 0.805. The fourth-order valence-electron chi connectivity index (χ4n) is 0.857. The van der Waals surface area contributed by atoms with Crippen LogP contribution >= 0.6 is 0 Å². The van der Waals surface area contributed by atoms with Gasteiger partial charge in [0.25, 0.3) is 0 Å². The quantitative estimate of drug-likeness (QED) is 0.620. The molecule has 0 atom stereocenters. The van der Waals surface area contributed by atoms with Crippen LogP contribution in [0, 0.1) is 0 Å². The largest absolute Gasteiger partial charge is 0.329 e. The first-order chi connectivity index (χ1) is 6.03. The molecule has 13 heavy (non-hydrogen) atoms. The van der Waals surface area contributed by atoms with Crippen LogP contribution in [0.2, 0.25) is 0 Å². The molecule has 2 N–H and O–H groups in total. The van der Waals surface area contributed by atoms with E-state index in [4.69, 9.17) is 5.73 Å². The van der Waals surface area contributed by atoms with Gasteiger partial charge in [-0.25, -0.2) is 13.1 Å². The highest BCUT2D eigenvalue weighted by atomic mass is 32.2. The molecule has 0 aromatic carbocycles. The van der Waals surface area contributed by atoms with E-state index in [0.29, 0.717) is 18.9 Å². The van der Waals surface area contributed by atoms with Crippen molar-refractivity contribution in [3.8, 4) is 0 Å². The van der Waals surface area contributed by atoms with Crippen LogP contribution in [0.4, 0.5) is 0 Å². The molecule has 0 radical (unpaired) electrons. The number of nitrogens with zero attached hydrogens (tertiary/aromatic N) is 4. The molecule has 0 fully saturated rings. The third kappa shape index (κ3) is 3.07. The van der Waals surface area contributed by atoms with Crippen molar-refractivity contribution in [3.05, 3.63) is 5.82 Å². The van der Waals surface area contributed by atoms with Gasteiger partial charge in [-0.15, -0.1) is 5.10 Å². The average molecular weight is 205 g/mol. The summed E-state index contributed by atoms with van der Waals surface area (Å²) in [7, 11) is -3.09. The predicted molar refractivity (Wildman–Crippen MR) is 45.4 cm³/mol. The van der Waals surface area contributed by atoms with Crippen LogP contribution < -0.4 is 5.73 Å². The lowest BCUT2D eigenvalue weighted by atomic mass is 10.6. The second kappa shape index (κ2) is 3.79. The maximum absolute atomic E-state index is 10.9. The normalized spacial score (nSPS) is 11.8. The molecule has 1 heterocycles. The van der Waals surface area contributed by atoms with Crippen LogP contribution in [0.5, 0.6) is 0 Å². The summed E-state index contributed by atoms with van der Waals surface area (Å²) in [4.78, 5) is 0. The van der Waals surface area contributed by atoms with Gasteiger partial charge in [-0.2, -0.15) is 0 Å². The highest BCUT2D eigenvalue weighted by Gasteiger charge is 2.11. The van der Waals surface area contributed by atoms with E-state index in [1.54, 1.807) is 0 Å². The summed E-state index contributed by atoms with van der Waals surface area (Å²) in [5, 5.41) is 10.6. The number of sulfone groups is 1. The highest BCUT2D eigenvalue weighted by molar-refractivity contribution is 7.89. The van der Waals surface area contributed by atoms with Crippen LogP contribution in [0.25, 0.3) is 0 Å². The minimum absolute atomic E-state index is 0.153. The van der Waals surface area contributed by atoms with Gasteiger partial charge in [0, 0.05) is 12.8 Å².